The monoisotopic (exact) mass is 312 g/mol. The van der Waals surface area contributed by atoms with E-state index in [-0.39, 0.29) is 18.6 Å². The lowest BCUT2D eigenvalue weighted by atomic mass is 10.2. The Bertz CT molecular complexity index is 421. The van der Waals surface area contributed by atoms with Crippen molar-refractivity contribution in [2.75, 3.05) is 13.2 Å². The second kappa shape index (κ2) is 6.20. The Balaban J connectivity index is 1.77. The lowest BCUT2D eigenvalue weighted by Crippen LogP contribution is -2.43. The van der Waals surface area contributed by atoms with Crippen molar-refractivity contribution >= 4 is 21.8 Å². The zero-order valence-corrected chi connectivity index (χ0v) is 11.7. The minimum atomic E-state index is -0.114. The van der Waals surface area contributed by atoms with Crippen molar-refractivity contribution in [3.05, 3.63) is 28.7 Å². The molecule has 0 spiro atoms. The topological polar surface area (TPSA) is 64.3 Å². The van der Waals surface area contributed by atoms with E-state index in [2.05, 4.69) is 21.2 Å². The molecule has 1 amide bonds. The van der Waals surface area contributed by atoms with E-state index in [4.69, 9.17) is 10.5 Å². The van der Waals surface area contributed by atoms with Gasteiger partial charge in [-0.3, -0.25) is 4.79 Å². The number of carbonyl (C=O) groups is 1. The van der Waals surface area contributed by atoms with Crippen molar-refractivity contribution in [2.24, 2.45) is 11.7 Å². The Hall–Kier alpha value is -1.07. The predicted molar refractivity (Wildman–Crippen MR) is 73.3 cm³/mol. The van der Waals surface area contributed by atoms with Gasteiger partial charge >= 0.3 is 0 Å². The minimum Gasteiger partial charge on any atom is -0.484 e. The Morgan fingerprint density at radius 1 is 1.56 bits per heavy atom. The summed E-state index contributed by atoms with van der Waals surface area (Å²) in [7, 11) is 0. The normalized spacial score (nSPS) is 16.1. The van der Waals surface area contributed by atoms with Crippen LogP contribution in [-0.2, 0) is 4.79 Å². The molecule has 1 aliphatic rings. The Morgan fingerprint density at radius 3 is 2.94 bits per heavy atom. The van der Waals surface area contributed by atoms with Crippen LogP contribution in [0.5, 0.6) is 5.75 Å². The summed E-state index contributed by atoms with van der Waals surface area (Å²) < 4.78 is 6.34. The van der Waals surface area contributed by atoms with Crippen LogP contribution in [0.1, 0.15) is 12.8 Å². The Morgan fingerprint density at radius 2 is 2.33 bits per heavy atom. The Labute approximate surface area is 115 Å². The van der Waals surface area contributed by atoms with Crippen molar-refractivity contribution < 1.29 is 9.53 Å². The van der Waals surface area contributed by atoms with Crippen LogP contribution in [0.2, 0.25) is 0 Å². The summed E-state index contributed by atoms with van der Waals surface area (Å²) in [6, 6.07) is 7.52. The molecule has 1 unspecified atom stereocenters. The molecule has 0 bridgehead atoms. The number of ether oxygens (including phenoxy) is 1. The molecule has 3 N–H and O–H groups in total. The third-order valence-electron chi connectivity index (χ3n) is 2.96. The maximum absolute atomic E-state index is 11.7. The van der Waals surface area contributed by atoms with Gasteiger partial charge in [-0.1, -0.05) is 22.0 Å². The van der Waals surface area contributed by atoms with Crippen LogP contribution in [0.3, 0.4) is 0 Å². The lowest BCUT2D eigenvalue weighted by molar-refractivity contribution is -0.123. The van der Waals surface area contributed by atoms with Gasteiger partial charge in [-0.05, 0) is 37.0 Å². The van der Waals surface area contributed by atoms with E-state index in [0.717, 1.165) is 17.3 Å². The van der Waals surface area contributed by atoms with Crippen LogP contribution in [0.4, 0.5) is 0 Å². The summed E-state index contributed by atoms with van der Waals surface area (Å²) in [5.41, 5.74) is 5.63. The van der Waals surface area contributed by atoms with Crippen molar-refractivity contribution in [3.8, 4) is 5.75 Å². The molecule has 1 fully saturated rings. The number of benzene rings is 1. The molecule has 1 aliphatic carbocycles. The first kappa shape index (κ1) is 13.4. The molecule has 98 valence electrons. The molecule has 1 atom stereocenters. The molecular weight excluding hydrogens is 296 g/mol. The second-order valence-electron chi connectivity index (χ2n) is 4.49. The van der Waals surface area contributed by atoms with E-state index in [1.165, 1.54) is 0 Å². The summed E-state index contributed by atoms with van der Waals surface area (Å²) >= 11 is 3.35. The molecule has 1 saturated carbocycles. The average molecular weight is 313 g/mol. The van der Waals surface area contributed by atoms with Crippen molar-refractivity contribution in [2.45, 2.75) is 18.9 Å². The lowest BCUT2D eigenvalue weighted by Gasteiger charge is -2.16. The van der Waals surface area contributed by atoms with Gasteiger partial charge in [0.2, 0.25) is 0 Å². The van der Waals surface area contributed by atoms with E-state index in [9.17, 15) is 4.79 Å². The van der Waals surface area contributed by atoms with Crippen LogP contribution < -0.4 is 15.8 Å². The first-order valence-electron chi connectivity index (χ1n) is 6.07. The van der Waals surface area contributed by atoms with Crippen LogP contribution in [-0.4, -0.2) is 25.1 Å². The average Bonchev–Trinajstić information content (AvgIpc) is 3.18. The maximum Gasteiger partial charge on any atom is 0.258 e. The Kier molecular flexibility index (Phi) is 4.60. The number of rotatable bonds is 6. The fraction of sp³-hybridized carbons (Fsp3) is 0.462. The third kappa shape index (κ3) is 3.99. The van der Waals surface area contributed by atoms with Gasteiger partial charge < -0.3 is 15.8 Å². The molecule has 2 rings (SSSR count). The van der Waals surface area contributed by atoms with Gasteiger partial charge in [0.25, 0.3) is 5.91 Å². The fourth-order valence-electron chi connectivity index (χ4n) is 1.82. The van der Waals surface area contributed by atoms with Gasteiger partial charge in [0.1, 0.15) is 5.75 Å². The molecule has 18 heavy (non-hydrogen) atoms. The van der Waals surface area contributed by atoms with Gasteiger partial charge in [0, 0.05) is 17.1 Å². The first-order chi connectivity index (χ1) is 8.69. The quantitative estimate of drug-likeness (QED) is 0.840. The third-order valence-corrected chi connectivity index (χ3v) is 3.45. The summed E-state index contributed by atoms with van der Waals surface area (Å²) in [6.45, 7) is 0.521. The smallest absolute Gasteiger partial charge is 0.258 e. The van der Waals surface area contributed by atoms with Crippen LogP contribution in [0.15, 0.2) is 28.7 Å². The van der Waals surface area contributed by atoms with Crippen molar-refractivity contribution in [3.63, 3.8) is 0 Å². The zero-order chi connectivity index (χ0) is 13.0. The van der Waals surface area contributed by atoms with E-state index in [1.807, 2.05) is 24.3 Å². The SMILES string of the molecule is NCC(NC(=O)COc1cccc(Br)c1)C1CC1. The molecule has 0 radical (unpaired) electrons. The first-order valence-corrected chi connectivity index (χ1v) is 6.86. The molecule has 4 nitrogen and oxygen atoms in total. The number of amides is 1. The summed E-state index contributed by atoms with van der Waals surface area (Å²) in [4.78, 5) is 11.7. The fourth-order valence-corrected chi connectivity index (χ4v) is 2.20. The highest BCUT2D eigenvalue weighted by Gasteiger charge is 2.31. The number of halogens is 1. The number of nitrogens with one attached hydrogen (secondary N) is 1. The number of hydrogen-bond acceptors (Lipinski definition) is 3. The molecule has 1 aromatic rings. The molecule has 0 aliphatic heterocycles. The van der Waals surface area contributed by atoms with Crippen LogP contribution >= 0.6 is 15.9 Å². The molecule has 0 heterocycles. The van der Waals surface area contributed by atoms with Gasteiger partial charge in [-0.2, -0.15) is 0 Å². The molecule has 0 saturated heterocycles. The van der Waals surface area contributed by atoms with Gasteiger partial charge in [0.15, 0.2) is 6.61 Å². The highest BCUT2D eigenvalue weighted by Crippen LogP contribution is 2.32. The number of hydrogen-bond donors (Lipinski definition) is 2. The van der Waals surface area contributed by atoms with Crippen molar-refractivity contribution in [1.82, 2.24) is 5.32 Å². The van der Waals surface area contributed by atoms with E-state index < -0.39 is 0 Å². The molecule has 1 aromatic carbocycles. The standard InChI is InChI=1S/C13H17BrN2O2/c14-10-2-1-3-11(6-10)18-8-13(17)16-12(7-15)9-4-5-9/h1-3,6,9,12H,4-5,7-8,15H2,(H,16,17). The highest BCUT2D eigenvalue weighted by atomic mass is 79.9. The van der Waals surface area contributed by atoms with Gasteiger partial charge in [-0.25, -0.2) is 0 Å². The van der Waals surface area contributed by atoms with Crippen molar-refractivity contribution in [1.29, 1.82) is 0 Å². The second-order valence-corrected chi connectivity index (χ2v) is 5.41. The molecule has 5 heteroatoms. The number of carbonyl (C=O) groups excluding carboxylic acids is 1. The predicted octanol–water partition coefficient (Wildman–Crippen LogP) is 1.68. The van der Waals surface area contributed by atoms with E-state index in [0.29, 0.717) is 18.2 Å². The van der Waals surface area contributed by atoms with Gasteiger partial charge in [0.05, 0.1) is 0 Å². The summed E-state index contributed by atoms with van der Waals surface area (Å²) in [5.74, 6) is 1.12. The zero-order valence-electron chi connectivity index (χ0n) is 10.1. The molecular formula is C13H17BrN2O2. The van der Waals surface area contributed by atoms with E-state index >= 15 is 0 Å². The van der Waals surface area contributed by atoms with Crippen LogP contribution in [0.25, 0.3) is 0 Å². The highest BCUT2D eigenvalue weighted by molar-refractivity contribution is 9.10. The largest absolute Gasteiger partial charge is 0.484 e. The molecule has 0 aromatic heterocycles. The minimum absolute atomic E-state index is 0.0275. The summed E-state index contributed by atoms with van der Waals surface area (Å²) in [5, 5.41) is 2.91. The number of nitrogens with two attached hydrogens (primary N) is 1. The van der Waals surface area contributed by atoms with Gasteiger partial charge in [-0.15, -0.1) is 0 Å². The van der Waals surface area contributed by atoms with Crippen LogP contribution in [0, 0.1) is 5.92 Å². The maximum atomic E-state index is 11.7. The summed E-state index contributed by atoms with van der Waals surface area (Å²) in [6.07, 6.45) is 2.32. The van der Waals surface area contributed by atoms with E-state index in [1.54, 1.807) is 0 Å².